The zero-order valence-corrected chi connectivity index (χ0v) is 12.1. The molecule has 0 heterocycles. The number of ether oxygens (including phenoxy) is 2. The third-order valence-electron chi connectivity index (χ3n) is 2.86. The number of hydrogen-bond acceptors (Lipinski definition) is 2. The fraction of sp³-hybridized carbons (Fsp3) is 0.625. The molecule has 1 aliphatic rings. The van der Waals surface area contributed by atoms with Crippen LogP contribution in [0.5, 0.6) is 11.5 Å². The first-order valence-electron chi connectivity index (χ1n) is 6.85. The Morgan fingerprint density at radius 1 is 1.17 bits per heavy atom. The molecule has 1 aliphatic carbocycles. The maximum atomic E-state index is 6.13. The molecule has 0 aliphatic heterocycles. The predicted molar refractivity (Wildman–Crippen MR) is 74.6 cm³/mol. The molecule has 18 heavy (non-hydrogen) atoms. The van der Waals surface area contributed by atoms with Crippen LogP contribution in [0.1, 0.15) is 58.9 Å². The molecule has 2 nitrogen and oxygen atoms in total. The van der Waals surface area contributed by atoms with Gasteiger partial charge in [0.15, 0.2) is 11.5 Å². The largest absolute Gasteiger partial charge is 0.487 e. The second-order valence-corrected chi connectivity index (χ2v) is 6.36. The van der Waals surface area contributed by atoms with Gasteiger partial charge in [0.25, 0.3) is 0 Å². The highest BCUT2D eigenvalue weighted by atomic mass is 16.5. The van der Waals surface area contributed by atoms with Gasteiger partial charge in [0, 0.05) is 5.56 Å². The molecule has 0 spiro atoms. The summed E-state index contributed by atoms with van der Waals surface area (Å²) in [4.78, 5) is 0. The third-order valence-corrected chi connectivity index (χ3v) is 2.86. The number of benzene rings is 1. The highest BCUT2D eigenvalue weighted by molar-refractivity contribution is 5.48. The standard InChI is InChI=1S/C16H24O2/c1-11(2)13-7-6-8-14(17-12-9-10-12)15(13)18-16(3,4)5/h6-8,11-12H,9-10H2,1-5H3. The minimum atomic E-state index is -0.202. The van der Waals surface area contributed by atoms with E-state index in [4.69, 9.17) is 9.47 Å². The molecule has 1 aromatic carbocycles. The van der Waals surface area contributed by atoms with E-state index in [0.29, 0.717) is 12.0 Å². The van der Waals surface area contributed by atoms with Crippen molar-refractivity contribution in [2.75, 3.05) is 0 Å². The van der Waals surface area contributed by atoms with Crippen molar-refractivity contribution in [2.45, 2.75) is 65.1 Å². The highest BCUT2D eigenvalue weighted by Crippen LogP contribution is 2.40. The van der Waals surface area contributed by atoms with Crippen LogP contribution >= 0.6 is 0 Å². The minimum Gasteiger partial charge on any atom is -0.487 e. The molecule has 0 saturated heterocycles. The van der Waals surface area contributed by atoms with E-state index < -0.39 is 0 Å². The monoisotopic (exact) mass is 248 g/mol. The molecule has 1 saturated carbocycles. The maximum Gasteiger partial charge on any atom is 0.165 e. The zero-order valence-electron chi connectivity index (χ0n) is 12.1. The molecule has 0 amide bonds. The summed E-state index contributed by atoms with van der Waals surface area (Å²) in [6, 6.07) is 6.21. The van der Waals surface area contributed by atoms with E-state index in [1.54, 1.807) is 0 Å². The van der Waals surface area contributed by atoms with E-state index in [9.17, 15) is 0 Å². The van der Waals surface area contributed by atoms with Crippen molar-refractivity contribution >= 4 is 0 Å². The summed E-state index contributed by atoms with van der Waals surface area (Å²) in [6.07, 6.45) is 2.73. The Morgan fingerprint density at radius 3 is 2.33 bits per heavy atom. The Hall–Kier alpha value is -1.18. The van der Waals surface area contributed by atoms with Gasteiger partial charge < -0.3 is 9.47 Å². The SMILES string of the molecule is CC(C)c1cccc(OC2CC2)c1OC(C)(C)C. The third kappa shape index (κ3) is 3.41. The van der Waals surface area contributed by atoms with Crippen molar-refractivity contribution in [3.8, 4) is 11.5 Å². The molecular weight excluding hydrogens is 224 g/mol. The lowest BCUT2D eigenvalue weighted by Gasteiger charge is -2.26. The fourth-order valence-corrected chi connectivity index (χ4v) is 1.86. The van der Waals surface area contributed by atoms with Gasteiger partial charge in [-0.2, -0.15) is 0 Å². The Bertz CT molecular complexity index is 412. The van der Waals surface area contributed by atoms with Crippen molar-refractivity contribution in [3.63, 3.8) is 0 Å². The van der Waals surface area contributed by atoms with E-state index >= 15 is 0 Å². The Labute approximate surface area is 110 Å². The molecule has 1 aromatic rings. The van der Waals surface area contributed by atoms with E-state index in [2.05, 4.69) is 46.8 Å². The van der Waals surface area contributed by atoms with Gasteiger partial charge in [0.1, 0.15) is 5.60 Å². The molecule has 2 rings (SSSR count). The first kappa shape index (κ1) is 13.3. The average Bonchev–Trinajstić information content (AvgIpc) is 3.02. The summed E-state index contributed by atoms with van der Waals surface area (Å²) in [5, 5.41) is 0. The van der Waals surface area contributed by atoms with Gasteiger partial charge in [-0.1, -0.05) is 26.0 Å². The lowest BCUT2D eigenvalue weighted by Crippen LogP contribution is -2.24. The number of hydrogen-bond donors (Lipinski definition) is 0. The Balaban J connectivity index is 2.34. The van der Waals surface area contributed by atoms with Gasteiger partial charge in [-0.15, -0.1) is 0 Å². The molecular formula is C16H24O2. The summed E-state index contributed by atoms with van der Waals surface area (Å²) in [6.45, 7) is 10.6. The summed E-state index contributed by atoms with van der Waals surface area (Å²) in [5.74, 6) is 2.26. The van der Waals surface area contributed by atoms with E-state index in [-0.39, 0.29) is 5.60 Å². The highest BCUT2D eigenvalue weighted by Gasteiger charge is 2.27. The molecule has 2 heteroatoms. The topological polar surface area (TPSA) is 18.5 Å². The summed E-state index contributed by atoms with van der Waals surface area (Å²) < 4.78 is 12.1. The second kappa shape index (κ2) is 4.83. The van der Waals surface area contributed by atoms with Crippen LogP contribution in [0.3, 0.4) is 0 Å². The molecule has 0 N–H and O–H groups in total. The van der Waals surface area contributed by atoms with Crippen LogP contribution < -0.4 is 9.47 Å². The smallest absolute Gasteiger partial charge is 0.165 e. The van der Waals surface area contributed by atoms with Crippen LogP contribution in [0.15, 0.2) is 18.2 Å². The van der Waals surface area contributed by atoms with Crippen LogP contribution in [-0.2, 0) is 0 Å². The van der Waals surface area contributed by atoms with Crippen molar-refractivity contribution in [1.82, 2.24) is 0 Å². The van der Waals surface area contributed by atoms with Crippen LogP contribution in [0.2, 0.25) is 0 Å². The molecule has 1 fully saturated rings. The fourth-order valence-electron chi connectivity index (χ4n) is 1.86. The summed E-state index contributed by atoms with van der Waals surface area (Å²) >= 11 is 0. The lowest BCUT2D eigenvalue weighted by atomic mass is 10.0. The zero-order chi connectivity index (χ0) is 13.3. The van der Waals surface area contributed by atoms with Crippen LogP contribution in [0, 0.1) is 0 Å². The summed E-state index contributed by atoms with van der Waals surface area (Å²) in [7, 11) is 0. The Morgan fingerprint density at radius 2 is 1.83 bits per heavy atom. The van der Waals surface area contributed by atoms with Gasteiger partial charge in [-0.05, 0) is 45.6 Å². The van der Waals surface area contributed by atoms with Crippen molar-refractivity contribution in [2.24, 2.45) is 0 Å². The first-order chi connectivity index (χ1) is 8.37. The lowest BCUT2D eigenvalue weighted by molar-refractivity contribution is 0.120. The van der Waals surface area contributed by atoms with Crippen LogP contribution in [-0.4, -0.2) is 11.7 Å². The van der Waals surface area contributed by atoms with Gasteiger partial charge in [0.05, 0.1) is 6.10 Å². The normalized spacial score (nSPS) is 15.9. The van der Waals surface area contributed by atoms with Crippen molar-refractivity contribution < 1.29 is 9.47 Å². The number of para-hydroxylation sites is 1. The molecule has 0 radical (unpaired) electrons. The van der Waals surface area contributed by atoms with Gasteiger partial charge in [-0.25, -0.2) is 0 Å². The van der Waals surface area contributed by atoms with Gasteiger partial charge in [-0.3, -0.25) is 0 Å². The molecule has 0 bridgehead atoms. The van der Waals surface area contributed by atoms with Gasteiger partial charge in [0.2, 0.25) is 0 Å². The molecule has 100 valence electrons. The van der Waals surface area contributed by atoms with Crippen LogP contribution in [0.25, 0.3) is 0 Å². The minimum absolute atomic E-state index is 0.202. The predicted octanol–water partition coefficient (Wildman–Crippen LogP) is 4.53. The van der Waals surface area contributed by atoms with Crippen LogP contribution in [0.4, 0.5) is 0 Å². The quantitative estimate of drug-likeness (QED) is 0.779. The van der Waals surface area contributed by atoms with E-state index in [1.807, 2.05) is 6.07 Å². The second-order valence-electron chi connectivity index (χ2n) is 6.36. The Kier molecular flexibility index (Phi) is 3.56. The van der Waals surface area contributed by atoms with Crippen molar-refractivity contribution in [3.05, 3.63) is 23.8 Å². The van der Waals surface area contributed by atoms with E-state index in [1.165, 1.54) is 18.4 Å². The molecule has 0 atom stereocenters. The molecule has 0 aromatic heterocycles. The molecule has 0 unspecified atom stereocenters. The van der Waals surface area contributed by atoms with Gasteiger partial charge >= 0.3 is 0 Å². The maximum absolute atomic E-state index is 6.13. The average molecular weight is 248 g/mol. The van der Waals surface area contributed by atoms with Crippen molar-refractivity contribution in [1.29, 1.82) is 0 Å². The number of rotatable bonds is 4. The van der Waals surface area contributed by atoms with E-state index in [0.717, 1.165) is 11.5 Å². The summed E-state index contributed by atoms with van der Waals surface area (Å²) in [5.41, 5.74) is 1.02. The first-order valence-corrected chi connectivity index (χ1v) is 6.85.